The summed E-state index contributed by atoms with van der Waals surface area (Å²) in [5.74, 6) is -0.166. The van der Waals surface area contributed by atoms with Crippen molar-refractivity contribution in [3.8, 4) is 5.75 Å². The largest absolute Gasteiger partial charge is 0.481 e. The summed E-state index contributed by atoms with van der Waals surface area (Å²) in [5.41, 5.74) is 3.78. The van der Waals surface area contributed by atoms with Crippen molar-refractivity contribution in [1.82, 2.24) is 0 Å². The van der Waals surface area contributed by atoms with Crippen LogP contribution in [0.15, 0.2) is 65.6 Å². The molecular weight excluding hydrogens is 431 g/mol. The first-order valence-corrected chi connectivity index (χ1v) is 11.5. The van der Waals surface area contributed by atoms with Crippen LogP contribution in [-0.4, -0.2) is 20.4 Å². The standard InChI is InChI=1S/C24H25FN2O4S/c1-15-13-16(2)17(3)23(14-15)31-18(4)24(28)26-20-9-11-22(12-10-20)32(29,30)27-21-7-5-19(25)6-8-21/h5-14,18,27H,1-4H3,(H,26,28). The van der Waals surface area contributed by atoms with Gasteiger partial charge >= 0.3 is 0 Å². The highest BCUT2D eigenvalue weighted by Gasteiger charge is 2.18. The van der Waals surface area contributed by atoms with Crippen molar-refractivity contribution >= 4 is 27.3 Å². The van der Waals surface area contributed by atoms with Crippen molar-refractivity contribution in [2.45, 2.75) is 38.7 Å². The summed E-state index contributed by atoms with van der Waals surface area (Å²) < 4.78 is 46.2. The van der Waals surface area contributed by atoms with Gasteiger partial charge in [0.2, 0.25) is 0 Å². The Morgan fingerprint density at radius 3 is 2.16 bits per heavy atom. The number of hydrogen-bond donors (Lipinski definition) is 2. The number of ether oxygens (including phenoxy) is 1. The molecule has 0 spiro atoms. The molecule has 1 unspecified atom stereocenters. The smallest absolute Gasteiger partial charge is 0.265 e. The average Bonchev–Trinajstić information content (AvgIpc) is 2.73. The lowest BCUT2D eigenvalue weighted by atomic mass is 10.1. The number of anilines is 2. The molecule has 0 aromatic heterocycles. The van der Waals surface area contributed by atoms with Crippen molar-refractivity contribution < 1.29 is 22.3 Å². The number of carbonyl (C=O) groups is 1. The quantitative estimate of drug-likeness (QED) is 0.526. The number of hydrogen-bond acceptors (Lipinski definition) is 4. The molecule has 3 aromatic rings. The highest BCUT2D eigenvalue weighted by Crippen LogP contribution is 2.25. The summed E-state index contributed by atoms with van der Waals surface area (Å²) in [6, 6.07) is 14.7. The van der Waals surface area contributed by atoms with E-state index < -0.39 is 21.9 Å². The lowest BCUT2D eigenvalue weighted by molar-refractivity contribution is -0.122. The number of nitrogens with one attached hydrogen (secondary N) is 2. The molecular formula is C24H25FN2O4S. The predicted molar refractivity (Wildman–Crippen MR) is 123 cm³/mol. The summed E-state index contributed by atoms with van der Waals surface area (Å²) >= 11 is 0. The second-order valence-corrected chi connectivity index (χ2v) is 9.27. The molecule has 0 saturated carbocycles. The maximum Gasteiger partial charge on any atom is 0.265 e. The molecule has 3 rings (SSSR count). The third-order valence-corrected chi connectivity index (χ3v) is 6.36. The Balaban J connectivity index is 1.66. The van der Waals surface area contributed by atoms with Crippen LogP contribution in [0.3, 0.4) is 0 Å². The van der Waals surface area contributed by atoms with Crippen molar-refractivity contribution in [3.05, 3.63) is 83.2 Å². The molecule has 0 radical (unpaired) electrons. The minimum Gasteiger partial charge on any atom is -0.481 e. The Bertz CT molecular complexity index is 1220. The van der Waals surface area contributed by atoms with Crippen LogP contribution in [0.2, 0.25) is 0 Å². The average molecular weight is 457 g/mol. The zero-order valence-corrected chi connectivity index (χ0v) is 19.1. The minimum absolute atomic E-state index is 0.00924. The second-order valence-electron chi connectivity index (χ2n) is 7.59. The topological polar surface area (TPSA) is 84.5 Å². The van der Waals surface area contributed by atoms with E-state index in [2.05, 4.69) is 10.0 Å². The van der Waals surface area contributed by atoms with Crippen LogP contribution in [0.5, 0.6) is 5.75 Å². The van der Waals surface area contributed by atoms with Gasteiger partial charge in [0.1, 0.15) is 11.6 Å². The lowest BCUT2D eigenvalue weighted by Gasteiger charge is -2.18. The molecule has 8 heteroatoms. The van der Waals surface area contributed by atoms with E-state index in [1.54, 1.807) is 6.92 Å². The number of sulfonamides is 1. The zero-order valence-electron chi connectivity index (χ0n) is 18.3. The van der Waals surface area contributed by atoms with Gasteiger partial charge in [-0.1, -0.05) is 6.07 Å². The molecule has 168 valence electrons. The molecule has 2 N–H and O–H groups in total. The first kappa shape index (κ1) is 23.3. The number of amides is 1. The van der Waals surface area contributed by atoms with Gasteiger partial charge in [0.05, 0.1) is 4.90 Å². The van der Waals surface area contributed by atoms with Gasteiger partial charge < -0.3 is 10.1 Å². The Labute approximate surface area is 187 Å². The van der Waals surface area contributed by atoms with E-state index in [9.17, 15) is 17.6 Å². The first-order valence-electron chi connectivity index (χ1n) is 9.99. The molecule has 3 aromatic carbocycles. The Hall–Kier alpha value is -3.39. The minimum atomic E-state index is -3.85. The third kappa shape index (κ3) is 5.64. The number of halogens is 1. The van der Waals surface area contributed by atoms with Gasteiger partial charge in [0, 0.05) is 11.4 Å². The fourth-order valence-corrected chi connectivity index (χ4v) is 4.12. The molecule has 0 bridgehead atoms. The van der Waals surface area contributed by atoms with Crippen LogP contribution < -0.4 is 14.8 Å². The summed E-state index contributed by atoms with van der Waals surface area (Å²) in [7, 11) is -3.85. The lowest BCUT2D eigenvalue weighted by Crippen LogP contribution is -2.30. The molecule has 0 aliphatic heterocycles. The van der Waals surface area contributed by atoms with E-state index in [1.807, 2.05) is 32.9 Å². The van der Waals surface area contributed by atoms with E-state index >= 15 is 0 Å². The molecule has 1 amide bonds. The Morgan fingerprint density at radius 2 is 1.53 bits per heavy atom. The highest BCUT2D eigenvalue weighted by molar-refractivity contribution is 7.92. The summed E-state index contributed by atoms with van der Waals surface area (Å²) in [6.07, 6.45) is -0.751. The van der Waals surface area contributed by atoms with Gasteiger partial charge in [0.15, 0.2) is 6.10 Å². The van der Waals surface area contributed by atoms with Crippen molar-refractivity contribution in [1.29, 1.82) is 0 Å². The number of rotatable bonds is 7. The van der Waals surface area contributed by atoms with E-state index in [-0.39, 0.29) is 16.5 Å². The van der Waals surface area contributed by atoms with Gasteiger partial charge in [-0.05, 0) is 99.0 Å². The zero-order chi connectivity index (χ0) is 23.5. The SMILES string of the molecule is Cc1cc(C)c(C)c(OC(C)C(=O)Nc2ccc(S(=O)(=O)Nc3ccc(F)cc3)cc2)c1. The van der Waals surface area contributed by atoms with Crippen LogP contribution >= 0.6 is 0 Å². The first-order chi connectivity index (χ1) is 15.0. The molecule has 6 nitrogen and oxygen atoms in total. The molecule has 0 aliphatic carbocycles. The maximum absolute atomic E-state index is 13.0. The van der Waals surface area contributed by atoms with E-state index in [1.165, 1.54) is 48.5 Å². The van der Waals surface area contributed by atoms with Crippen LogP contribution in [0.4, 0.5) is 15.8 Å². The summed E-state index contributed by atoms with van der Waals surface area (Å²) in [5, 5.41) is 2.72. The second kappa shape index (κ2) is 9.40. The van der Waals surface area contributed by atoms with E-state index in [0.29, 0.717) is 11.4 Å². The van der Waals surface area contributed by atoms with Gasteiger partial charge in [0.25, 0.3) is 15.9 Å². The molecule has 1 atom stereocenters. The van der Waals surface area contributed by atoms with Gasteiger partial charge in [-0.3, -0.25) is 9.52 Å². The van der Waals surface area contributed by atoms with E-state index in [4.69, 9.17) is 4.74 Å². The van der Waals surface area contributed by atoms with Gasteiger partial charge in [-0.15, -0.1) is 0 Å². The van der Waals surface area contributed by atoms with E-state index in [0.717, 1.165) is 16.7 Å². The van der Waals surface area contributed by atoms with Crippen molar-refractivity contribution in [2.24, 2.45) is 0 Å². The van der Waals surface area contributed by atoms with Crippen LogP contribution in [0.1, 0.15) is 23.6 Å². The molecule has 0 saturated heterocycles. The normalized spacial score (nSPS) is 12.2. The third-order valence-electron chi connectivity index (χ3n) is 4.97. The van der Waals surface area contributed by atoms with Gasteiger partial charge in [-0.25, -0.2) is 12.8 Å². The highest BCUT2D eigenvalue weighted by atomic mass is 32.2. The monoisotopic (exact) mass is 456 g/mol. The maximum atomic E-state index is 13.0. The van der Waals surface area contributed by atoms with Crippen LogP contribution in [0.25, 0.3) is 0 Å². The molecule has 0 heterocycles. The fourth-order valence-electron chi connectivity index (χ4n) is 3.06. The van der Waals surface area contributed by atoms with Crippen LogP contribution in [0, 0.1) is 26.6 Å². The Morgan fingerprint density at radius 1 is 0.938 bits per heavy atom. The Kier molecular flexibility index (Phi) is 6.84. The number of aryl methyl sites for hydroxylation is 2. The summed E-state index contributed by atoms with van der Waals surface area (Å²) in [6.45, 7) is 7.54. The molecule has 0 fully saturated rings. The van der Waals surface area contributed by atoms with Crippen molar-refractivity contribution in [3.63, 3.8) is 0 Å². The van der Waals surface area contributed by atoms with Crippen molar-refractivity contribution in [2.75, 3.05) is 10.0 Å². The van der Waals surface area contributed by atoms with Gasteiger partial charge in [-0.2, -0.15) is 0 Å². The molecule has 32 heavy (non-hydrogen) atoms. The predicted octanol–water partition coefficient (Wildman–Crippen LogP) is 4.96. The fraction of sp³-hybridized carbons (Fsp3) is 0.208. The summed E-state index contributed by atoms with van der Waals surface area (Å²) in [4.78, 5) is 12.6. The number of benzene rings is 3. The van der Waals surface area contributed by atoms with Crippen LogP contribution in [-0.2, 0) is 14.8 Å². The number of carbonyl (C=O) groups excluding carboxylic acids is 1. The molecule has 0 aliphatic rings.